The van der Waals surface area contributed by atoms with Crippen molar-refractivity contribution in [2.75, 3.05) is 40.8 Å². The van der Waals surface area contributed by atoms with Gasteiger partial charge in [0.1, 0.15) is 6.04 Å². The SMILES string of the molecule is CC(C(=O)N(C)C)N1CCN(C)CC1=O. The average Bonchev–Trinajstić information content (AvgIpc) is 2.15. The Kier molecular flexibility index (Phi) is 3.68. The highest BCUT2D eigenvalue weighted by Gasteiger charge is 2.30. The Morgan fingerprint density at radius 3 is 2.47 bits per heavy atom. The molecule has 0 saturated carbocycles. The van der Waals surface area contributed by atoms with Gasteiger partial charge in [0.25, 0.3) is 0 Å². The molecule has 0 bridgehead atoms. The van der Waals surface area contributed by atoms with Crippen LogP contribution in [0.15, 0.2) is 0 Å². The van der Waals surface area contributed by atoms with Crippen molar-refractivity contribution in [3.63, 3.8) is 0 Å². The number of likely N-dealkylation sites (N-methyl/N-ethyl adjacent to an activating group) is 2. The minimum Gasteiger partial charge on any atom is -0.347 e. The summed E-state index contributed by atoms with van der Waals surface area (Å²) in [7, 11) is 5.33. The normalized spacial score (nSPS) is 20.3. The van der Waals surface area contributed by atoms with Crippen molar-refractivity contribution in [2.24, 2.45) is 0 Å². The summed E-state index contributed by atoms with van der Waals surface area (Å²) >= 11 is 0. The second-order valence-corrected chi connectivity index (χ2v) is 4.23. The van der Waals surface area contributed by atoms with Crippen molar-refractivity contribution in [3.8, 4) is 0 Å². The molecular weight excluding hydrogens is 194 g/mol. The molecule has 1 heterocycles. The Bertz CT molecular complexity index is 265. The number of hydrogen-bond donors (Lipinski definition) is 0. The van der Waals surface area contributed by atoms with Crippen LogP contribution in [0.5, 0.6) is 0 Å². The van der Waals surface area contributed by atoms with Gasteiger partial charge >= 0.3 is 0 Å². The van der Waals surface area contributed by atoms with E-state index < -0.39 is 0 Å². The second kappa shape index (κ2) is 4.61. The fraction of sp³-hybridized carbons (Fsp3) is 0.800. The highest BCUT2D eigenvalue weighted by Crippen LogP contribution is 2.07. The van der Waals surface area contributed by atoms with Crippen LogP contribution in [0.3, 0.4) is 0 Å². The van der Waals surface area contributed by atoms with E-state index in [0.717, 1.165) is 6.54 Å². The topological polar surface area (TPSA) is 43.9 Å². The van der Waals surface area contributed by atoms with E-state index in [-0.39, 0.29) is 17.9 Å². The Morgan fingerprint density at radius 1 is 1.40 bits per heavy atom. The summed E-state index contributed by atoms with van der Waals surface area (Å²) in [6, 6.07) is -0.346. The minimum atomic E-state index is -0.346. The van der Waals surface area contributed by atoms with Crippen molar-refractivity contribution in [2.45, 2.75) is 13.0 Å². The molecule has 1 saturated heterocycles. The molecular formula is C10H19N3O2. The van der Waals surface area contributed by atoms with Gasteiger partial charge in [0.05, 0.1) is 6.54 Å². The van der Waals surface area contributed by atoms with Gasteiger partial charge in [-0.2, -0.15) is 0 Å². The maximum absolute atomic E-state index is 11.7. The van der Waals surface area contributed by atoms with Crippen LogP contribution >= 0.6 is 0 Å². The molecule has 5 nitrogen and oxygen atoms in total. The summed E-state index contributed by atoms with van der Waals surface area (Å²) in [4.78, 5) is 28.5. The predicted molar refractivity (Wildman–Crippen MR) is 57.4 cm³/mol. The monoisotopic (exact) mass is 213 g/mol. The lowest BCUT2D eigenvalue weighted by molar-refractivity contribution is -0.146. The molecule has 0 radical (unpaired) electrons. The van der Waals surface area contributed by atoms with Gasteiger partial charge < -0.3 is 9.80 Å². The second-order valence-electron chi connectivity index (χ2n) is 4.23. The van der Waals surface area contributed by atoms with E-state index in [1.807, 2.05) is 11.9 Å². The van der Waals surface area contributed by atoms with Crippen LogP contribution in [0.25, 0.3) is 0 Å². The van der Waals surface area contributed by atoms with Crippen molar-refractivity contribution in [1.29, 1.82) is 0 Å². The first-order valence-corrected chi connectivity index (χ1v) is 5.12. The fourth-order valence-corrected chi connectivity index (χ4v) is 1.72. The molecule has 86 valence electrons. The van der Waals surface area contributed by atoms with Crippen LogP contribution in [0.4, 0.5) is 0 Å². The summed E-state index contributed by atoms with van der Waals surface area (Å²) in [5.74, 6) is 0.0133. The van der Waals surface area contributed by atoms with Gasteiger partial charge in [-0.05, 0) is 14.0 Å². The number of carbonyl (C=O) groups is 2. The Hall–Kier alpha value is -1.10. The van der Waals surface area contributed by atoms with Gasteiger partial charge in [0.2, 0.25) is 11.8 Å². The first-order valence-electron chi connectivity index (χ1n) is 5.12. The van der Waals surface area contributed by atoms with E-state index in [0.29, 0.717) is 13.1 Å². The third-order valence-electron chi connectivity index (χ3n) is 2.71. The van der Waals surface area contributed by atoms with E-state index in [4.69, 9.17) is 0 Å². The van der Waals surface area contributed by atoms with Crippen molar-refractivity contribution >= 4 is 11.8 Å². The number of carbonyl (C=O) groups excluding carboxylic acids is 2. The number of piperazine rings is 1. The first-order chi connectivity index (χ1) is 6.93. The minimum absolute atomic E-state index is 0.0205. The zero-order chi connectivity index (χ0) is 11.6. The van der Waals surface area contributed by atoms with E-state index in [9.17, 15) is 9.59 Å². The molecule has 0 aromatic heterocycles. The smallest absolute Gasteiger partial charge is 0.244 e. The van der Waals surface area contributed by atoms with Crippen molar-refractivity contribution < 1.29 is 9.59 Å². The Labute approximate surface area is 90.6 Å². The molecule has 0 N–H and O–H groups in total. The molecule has 2 amide bonds. The molecule has 1 fully saturated rings. The summed E-state index contributed by atoms with van der Waals surface area (Å²) in [5, 5.41) is 0. The maximum atomic E-state index is 11.7. The molecule has 0 aromatic carbocycles. The largest absolute Gasteiger partial charge is 0.347 e. The molecule has 1 unspecified atom stereocenters. The lowest BCUT2D eigenvalue weighted by Crippen LogP contribution is -2.55. The number of hydrogen-bond acceptors (Lipinski definition) is 3. The number of rotatable bonds is 2. The van der Waals surface area contributed by atoms with Crippen LogP contribution in [0.1, 0.15) is 6.92 Å². The van der Waals surface area contributed by atoms with Crippen molar-refractivity contribution in [1.82, 2.24) is 14.7 Å². The van der Waals surface area contributed by atoms with Crippen LogP contribution in [-0.4, -0.2) is 73.3 Å². The van der Waals surface area contributed by atoms with Gasteiger partial charge in [0, 0.05) is 27.2 Å². The van der Waals surface area contributed by atoms with E-state index in [2.05, 4.69) is 0 Å². The third kappa shape index (κ3) is 2.68. The molecule has 5 heteroatoms. The molecule has 0 aliphatic carbocycles. The zero-order valence-corrected chi connectivity index (χ0v) is 9.86. The summed E-state index contributed by atoms with van der Waals surface area (Å²) in [6.07, 6.45) is 0. The molecule has 0 aromatic rings. The lowest BCUT2D eigenvalue weighted by atomic mass is 10.2. The Balaban J connectivity index is 2.64. The molecule has 1 aliphatic heterocycles. The summed E-state index contributed by atoms with van der Waals surface area (Å²) in [5.41, 5.74) is 0. The summed E-state index contributed by atoms with van der Waals surface area (Å²) in [6.45, 7) is 3.66. The molecule has 1 atom stereocenters. The third-order valence-corrected chi connectivity index (χ3v) is 2.71. The lowest BCUT2D eigenvalue weighted by Gasteiger charge is -2.36. The van der Waals surface area contributed by atoms with Crippen molar-refractivity contribution in [3.05, 3.63) is 0 Å². The van der Waals surface area contributed by atoms with Gasteiger partial charge in [-0.3, -0.25) is 14.5 Å². The van der Waals surface area contributed by atoms with Crippen LogP contribution in [0, 0.1) is 0 Å². The number of nitrogens with zero attached hydrogens (tertiary/aromatic N) is 3. The highest BCUT2D eigenvalue weighted by atomic mass is 16.2. The maximum Gasteiger partial charge on any atom is 0.244 e. The standard InChI is InChI=1S/C10H19N3O2/c1-8(10(15)11(2)3)13-6-5-12(4)7-9(13)14/h8H,5-7H2,1-4H3. The first kappa shape index (κ1) is 12.0. The predicted octanol–water partition coefficient (Wildman–Crippen LogP) is -0.763. The fourth-order valence-electron chi connectivity index (χ4n) is 1.72. The molecule has 1 rings (SSSR count). The van der Waals surface area contributed by atoms with E-state index >= 15 is 0 Å². The van der Waals surface area contributed by atoms with E-state index in [1.54, 1.807) is 25.9 Å². The van der Waals surface area contributed by atoms with Gasteiger partial charge in [-0.25, -0.2) is 0 Å². The van der Waals surface area contributed by atoms with E-state index in [1.165, 1.54) is 4.90 Å². The Morgan fingerprint density at radius 2 is 2.00 bits per heavy atom. The molecule has 15 heavy (non-hydrogen) atoms. The van der Waals surface area contributed by atoms with Crippen LogP contribution < -0.4 is 0 Å². The summed E-state index contributed by atoms with van der Waals surface area (Å²) < 4.78 is 0. The zero-order valence-electron chi connectivity index (χ0n) is 9.86. The quantitative estimate of drug-likeness (QED) is 0.605. The highest BCUT2D eigenvalue weighted by molar-refractivity contribution is 5.88. The molecule has 0 spiro atoms. The van der Waals surface area contributed by atoms with Crippen LogP contribution in [0.2, 0.25) is 0 Å². The van der Waals surface area contributed by atoms with Gasteiger partial charge in [-0.1, -0.05) is 0 Å². The molecule has 1 aliphatic rings. The average molecular weight is 213 g/mol. The van der Waals surface area contributed by atoms with Gasteiger partial charge in [-0.15, -0.1) is 0 Å². The number of amides is 2. The van der Waals surface area contributed by atoms with Gasteiger partial charge in [0.15, 0.2) is 0 Å². The van der Waals surface area contributed by atoms with Crippen LogP contribution in [-0.2, 0) is 9.59 Å².